The predicted octanol–water partition coefficient (Wildman–Crippen LogP) is 3.20. The third kappa shape index (κ3) is 4.96. The molecule has 1 aliphatic rings. The monoisotopic (exact) mass is 369 g/mol. The quantitative estimate of drug-likeness (QED) is 0.817. The van der Waals surface area contributed by atoms with Crippen molar-refractivity contribution in [3.8, 4) is 5.75 Å². The Morgan fingerprint density at radius 3 is 2.38 bits per heavy atom. The largest absolute Gasteiger partial charge is 0.497 e. The molecule has 0 atom stereocenters. The first kappa shape index (κ1) is 18.7. The summed E-state index contributed by atoms with van der Waals surface area (Å²) in [4.78, 5) is 4.78. The molecule has 0 aromatic heterocycles. The number of thiocarbonyl (C=S) groups is 1. The molecule has 1 aliphatic heterocycles. The highest BCUT2D eigenvalue weighted by atomic mass is 32.1. The normalized spacial score (nSPS) is 14.9. The number of hydrogen-bond acceptors (Lipinski definition) is 3. The Labute approximate surface area is 161 Å². The molecule has 0 unspecified atom stereocenters. The van der Waals surface area contributed by atoms with E-state index in [1.54, 1.807) is 7.11 Å². The molecule has 0 aliphatic carbocycles. The van der Waals surface area contributed by atoms with Crippen molar-refractivity contribution in [2.24, 2.45) is 0 Å². The summed E-state index contributed by atoms with van der Waals surface area (Å²) in [6.45, 7) is 7.97. The molecular formula is C21H27N3OS. The molecule has 138 valence electrons. The molecule has 0 radical (unpaired) electrons. The fourth-order valence-corrected chi connectivity index (χ4v) is 3.43. The minimum atomic E-state index is 0.742. The summed E-state index contributed by atoms with van der Waals surface area (Å²) in [7, 11) is 1.68. The van der Waals surface area contributed by atoms with Crippen molar-refractivity contribution in [3.63, 3.8) is 0 Å². The van der Waals surface area contributed by atoms with E-state index in [9.17, 15) is 0 Å². The number of ether oxygens (including phenoxy) is 1. The summed E-state index contributed by atoms with van der Waals surface area (Å²) >= 11 is 5.58. The number of benzene rings is 2. The van der Waals surface area contributed by atoms with Crippen LogP contribution in [0.3, 0.4) is 0 Å². The summed E-state index contributed by atoms with van der Waals surface area (Å²) in [5.41, 5.74) is 3.99. The molecule has 0 bridgehead atoms. The minimum absolute atomic E-state index is 0.742. The zero-order valence-corrected chi connectivity index (χ0v) is 16.4. The van der Waals surface area contributed by atoms with Crippen LogP contribution in [0.2, 0.25) is 0 Å². The van der Waals surface area contributed by atoms with Gasteiger partial charge >= 0.3 is 0 Å². The predicted molar refractivity (Wildman–Crippen MR) is 110 cm³/mol. The third-order valence-corrected chi connectivity index (χ3v) is 5.32. The molecule has 3 rings (SSSR count). The van der Waals surface area contributed by atoms with Crippen LogP contribution in [0.1, 0.15) is 16.7 Å². The van der Waals surface area contributed by atoms with Gasteiger partial charge in [-0.05, 0) is 48.0 Å². The zero-order chi connectivity index (χ0) is 18.4. The lowest BCUT2D eigenvalue weighted by Gasteiger charge is -2.36. The van der Waals surface area contributed by atoms with Crippen molar-refractivity contribution in [2.45, 2.75) is 20.0 Å². The highest BCUT2D eigenvalue weighted by Crippen LogP contribution is 2.13. The fraction of sp³-hybridized carbons (Fsp3) is 0.381. The molecule has 26 heavy (non-hydrogen) atoms. The lowest BCUT2D eigenvalue weighted by molar-refractivity contribution is 0.174. The van der Waals surface area contributed by atoms with Gasteiger partial charge in [0.05, 0.1) is 7.11 Å². The van der Waals surface area contributed by atoms with Crippen molar-refractivity contribution in [1.29, 1.82) is 0 Å². The van der Waals surface area contributed by atoms with Gasteiger partial charge in [0.1, 0.15) is 5.75 Å². The third-order valence-electron chi connectivity index (χ3n) is 4.92. The van der Waals surface area contributed by atoms with Crippen LogP contribution < -0.4 is 10.1 Å². The van der Waals surface area contributed by atoms with E-state index < -0.39 is 0 Å². The average molecular weight is 370 g/mol. The Bertz CT molecular complexity index is 724. The van der Waals surface area contributed by atoms with E-state index in [4.69, 9.17) is 17.0 Å². The van der Waals surface area contributed by atoms with Gasteiger partial charge in [0.15, 0.2) is 5.11 Å². The summed E-state index contributed by atoms with van der Waals surface area (Å²) in [6.07, 6.45) is 0. The lowest BCUT2D eigenvalue weighted by Crippen LogP contribution is -2.51. The molecule has 2 aromatic rings. The van der Waals surface area contributed by atoms with Gasteiger partial charge in [0, 0.05) is 39.3 Å². The van der Waals surface area contributed by atoms with Crippen LogP contribution in [0, 0.1) is 6.92 Å². The van der Waals surface area contributed by atoms with Gasteiger partial charge in [-0.1, -0.05) is 36.4 Å². The van der Waals surface area contributed by atoms with Gasteiger partial charge in [-0.15, -0.1) is 0 Å². The molecule has 0 spiro atoms. The topological polar surface area (TPSA) is 27.7 Å². The number of aryl methyl sites for hydroxylation is 1. The van der Waals surface area contributed by atoms with Crippen LogP contribution in [-0.2, 0) is 13.1 Å². The highest BCUT2D eigenvalue weighted by Gasteiger charge is 2.19. The Morgan fingerprint density at radius 2 is 1.73 bits per heavy atom. The Kier molecular flexibility index (Phi) is 6.47. The molecule has 1 fully saturated rings. The van der Waals surface area contributed by atoms with Crippen molar-refractivity contribution < 1.29 is 4.74 Å². The molecule has 1 saturated heterocycles. The van der Waals surface area contributed by atoms with Gasteiger partial charge in [-0.2, -0.15) is 0 Å². The van der Waals surface area contributed by atoms with Gasteiger partial charge in [-0.25, -0.2) is 0 Å². The maximum Gasteiger partial charge on any atom is 0.169 e. The van der Waals surface area contributed by atoms with Crippen molar-refractivity contribution >= 4 is 17.3 Å². The number of hydrogen-bond donors (Lipinski definition) is 1. The number of nitrogens with one attached hydrogen (secondary N) is 1. The Balaban J connectivity index is 1.43. The number of methoxy groups -OCH3 is 1. The van der Waals surface area contributed by atoms with Crippen LogP contribution in [-0.4, -0.2) is 48.2 Å². The smallest absolute Gasteiger partial charge is 0.169 e. The molecular weight excluding hydrogens is 342 g/mol. The minimum Gasteiger partial charge on any atom is -0.497 e. The van der Waals surface area contributed by atoms with E-state index >= 15 is 0 Å². The van der Waals surface area contributed by atoms with Gasteiger partial charge in [0.2, 0.25) is 0 Å². The standard InChI is InChI=1S/C21H27N3OS/c1-17-5-3-4-6-19(17)16-23-11-13-24(14-12-23)21(26)22-15-18-7-9-20(25-2)10-8-18/h3-10H,11-16H2,1-2H3,(H,22,26). The number of rotatable bonds is 5. The maximum absolute atomic E-state index is 5.58. The average Bonchev–Trinajstić information content (AvgIpc) is 2.69. The van der Waals surface area contributed by atoms with E-state index in [0.717, 1.165) is 50.1 Å². The second-order valence-electron chi connectivity index (χ2n) is 6.70. The summed E-state index contributed by atoms with van der Waals surface area (Å²) in [6, 6.07) is 16.7. The van der Waals surface area contributed by atoms with Crippen LogP contribution in [0.25, 0.3) is 0 Å². The van der Waals surface area contributed by atoms with Crippen molar-refractivity contribution in [2.75, 3.05) is 33.3 Å². The fourth-order valence-electron chi connectivity index (χ4n) is 3.17. The van der Waals surface area contributed by atoms with Crippen molar-refractivity contribution in [1.82, 2.24) is 15.1 Å². The molecule has 1 N–H and O–H groups in total. The first-order chi connectivity index (χ1) is 12.7. The molecule has 1 heterocycles. The maximum atomic E-state index is 5.58. The van der Waals surface area contributed by atoms with E-state index in [1.807, 2.05) is 12.1 Å². The lowest BCUT2D eigenvalue weighted by atomic mass is 10.1. The van der Waals surface area contributed by atoms with Gasteiger partial charge < -0.3 is 15.0 Å². The number of nitrogens with zero attached hydrogens (tertiary/aromatic N) is 2. The van der Waals surface area contributed by atoms with Gasteiger partial charge in [0.25, 0.3) is 0 Å². The van der Waals surface area contributed by atoms with E-state index in [0.29, 0.717) is 0 Å². The molecule has 5 heteroatoms. The first-order valence-electron chi connectivity index (χ1n) is 9.08. The van der Waals surface area contributed by atoms with Crippen LogP contribution in [0.15, 0.2) is 48.5 Å². The van der Waals surface area contributed by atoms with E-state index in [2.05, 4.69) is 58.4 Å². The summed E-state index contributed by atoms with van der Waals surface area (Å²) < 4.78 is 5.19. The zero-order valence-electron chi connectivity index (χ0n) is 15.6. The second kappa shape index (κ2) is 9.01. The first-order valence-corrected chi connectivity index (χ1v) is 9.49. The summed E-state index contributed by atoms with van der Waals surface area (Å²) in [5.74, 6) is 0.876. The summed E-state index contributed by atoms with van der Waals surface area (Å²) in [5, 5.41) is 4.22. The van der Waals surface area contributed by atoms with Crippen molar-refractivity contribution in [3.05, 3.63) is 65.2 Å². The number of piperazine rings is 1. The molecule has 0 saturated carbocycles. The molecule has 2 aromatic carbocycles. The van der Waals surface area contributed by atoms with Crippen LogP contribution in [0.5, 0.6) is 5.75 Å². The highest BCUT2D eigenvalue weighted by molar-refractivity contribution is 7.80. The van der Waals surface area contributed by atoms with Crippen LogP contribution >= 0.6 is 12.2 Å². The van der Waals surface area contributed by atoms with Crippen LogP contribution in [0.4, 0.5) is 0 Å². The second-order valence-corrected chi connectivity index (χ2v) is 7.08. The molecule has 0 amide bonds. The Hall–Kier alpha value is -2.11. The SMILES string of the molecule is COc1ccc(CNC(=S)N2CCN(Cc3ccccc3C)CC2)cc1. The molecule has 4 nitrogen and oxygen atoms in total. The van der Waals surface area contributed by atoms with Gasteiger partial charge in [-0.3, -0.25) is 4.90 Å². The Morgan fingerprint density at radius 1 is 1.04 bits per heavy atom. The van der Waals surface area contributed by atoms with E-state index in [-0.39, 0.29) is 0 Å². The van der Waals surface area contributed by atoms with E-state index in [1.165, 1.54) is 16.7 Å².